The average molecular weight is 444 g/mol. The molecule has 6 heteroatoms. The van der Waals surface area contributed by atoms with Crippen molar-refractivity contribution in [3.63, 3.8) is 0 Å². The van der Waals surface area contributed by atoms with Crippen LogP contribution in [0.3, 0.4) is 0 Å². The van der Waals surface area contributed by atoms with Gasteiger partial charge < -0.3 is 9.47 Å². The topological polar surface area (TPSA) is 72.8 Å². The van der Waals surface area contributed by atoms with Gasteiger partial charge in [0.15, 0.2) is 0 Å². The first-order valence-corrected chi connectivity index (χ1v) is 11.5. The SMILES string of the molecule is O=C(NN=Cc1cccc(OCCOc2ccc(C3CCCCC3)cc2)c1)c1ccncc1. The van der Waals surface area contributed by atoms with E-state index in [-0.39, 0.29) is 5.91 Å². The Bertz CT molecular complexity index is 1050. The molecule has 0 aliphatic heterocycles. The zero-order chi connectivity index (χ0) is 22.7. The van der Waals surface area contributed by atoms with Crippen LogP contribution in [-0.2, 0) is 0 Å². The number of rotatable bonds is 9. The number of hydrogen-bond acceptors (Lipinski definition) is 5. The van der Waals surface area contributed by atoms with E-state index < -0.39 is 0 Å². The molecule has 1 amide bonds. The minimum atomic E-state index is -0.287. The van der Waals surface area contributed by atoms with Crippen molar-refractivity contribution >= 4 is 12.1 Å². The molecule has 33 heavy (non-hydrogen) atoms. The molecule has 1 aromatic heterocycles. The van der Waals surface area contributed by atoms with E-state index in [1.807, 2.05) is 24.3 Å². The zero-order valence-corrected chi connectivity index (χ0v) is 18.7. The second-order valence-corrected chi connectivity index (χ2v) is 8.11. The van der Waals surface area contributed by atoms with Crippen LogP contribution in [0.1, 0.15) is 59.5 Å². The van der Waals surface area contributed by atoms with Gasteiger partial charge in [-0.1, -0.05) is 43.5 Å². The summed E-state index contributed by atoms with van der Waals surface area (Å²) < 4.78 is 11.6. The Balaban J connectivity index is 1.20. The molecule has 6 nitrogen and oxygen atoms in total. The fourth-order valence-corrected chi connectivity index (χ4v) is 4.01. The molecule has 1 aliphatic rings. The van der Waals surface area contributed by atoms with E-state index in [1.165, 1.54) is 37.7 Å². The van der Waals surface area contributed by atoms with Crippen LogP contribution in [0.15, 0.2) is 78.2 Å². The maximum Gasteiger partial charge on any atom is 0.271 e. The minimum absolute atomic E-state index is 0.287. The highest BCUT2D eigenvalue weighted by Gasteiger charge is 2.15. The summed E-state index contributed by atoms with van der Waals surface area (Å²) >= 11 is 0. The summed E-state index contributed by atoms with van der Waals surface area (Å²) in [6.45, 7) is 0.896. The van der Waals surface area contributed by atoms with E-state index in [0.29, 0.717) is 24.7 Å². The maximum atomic E-state index is 12.0. The van der Waals surface area contributed by atoms with Gasteiger partial charge >= 0.3 is 0 Å². The molecule has 0 spiro atoms. The van der Waals surface area contributed by atoms with Gasteiger partial charge in [-0.15, -0.1) is 0 Å². The molecule has 0 unspecified atom stereocenters. The number of carbonyl (C=O) groups excluding carboxylic acids is 1. The zero-order valence-electron chi connectivity index (χ0n) is 18.7. The number of nitrogens with one attached hydrogen (secondary N) is 1. The molecule has 0 radical (unpaired) electrons. The van der Waals surface area contributed by atoms with Gasteiger partial charge in [-0.2, -0.15) is 5.10 Å². The highest BCUT2D eigenvalue weighted by Crippen LogP contribution is 2.33. The molecular formula is C27H29N3O3. The van der Waals surface area contributed by atoms with E-state index in [4.69, 9.17) is 9.47 Å². The van der Waals surface area contributed by atoms with Crippen molar-refractivity contribution in [3.8, 4) is 11.5 Å². The molecule has 0 bridgehead atoms. The summed E-state index contributed by atoms with van der Waals surface area (Å²) in [5.74, 6) is 2.00. The van der Waals surface area contributed by atoms with Crippen molar-refractivity contribution in [1.82, 2.24) is 10.4 Å². The average Bonchev–Trinajstić information content (AvgIpc) is 2.88. The molecule has 3 aromatic rings. The smallest absolute Gasteiger partial charge is 0.271 e. The Hall–Kier alpha value is -3.67. The highest BCUT2D eigenvalue weighted by molar-refractivity contribution is 5.94. The largest absolute Gasteiger partial charge is 0.490 e. The predicted molar refractivity (Wildman–Crippen MR) is 129 cm³/mol. The lowest BCUT2D eigenvalue weighted by atomic mass is 9.84. The second-order valence-electron chi connectivity index (χ2n) is 8.11. The van der Waals surface area contributed by atoms with E-state index >= 15 is 0 Å². The molecular weight excluding hydrogens is 414 g/mol. The van der Waals surface area contributed by atoms with Crippen LogP contribution >= 0.6 is 0 Å². The maximum absolute atomic E-state index is 12.0. The molecule has 1 aliphatic carbocycles. The third-order valence-corrected chi connectivity index (χ3v) is 5.76. The van der Waals surface area contributed by atoms with Crippen LogP contribution in [0, 0.1) is 0 Å². The van der Waals surface area contributed by atoms with E-state index in [1.54, 1.807) is 30.7 Å². The van der Waals surface area contributed by atoms with Crippen molar-refractivity contribution in [2.24, 2.45) is 5.10 Å². The van der Waals surface area contributed by atoms with Crippen molar-refractivity contribution in [1.29, 1.82) is 0 Å². The molecule has 1 heterocycles. The van der Waals surface area contributed by atoms with Gasteiger partial charge in [-0.05, 0) is 66.3 Å². The van der Waals surface area contributed by atoms with Crippen molar-refractivity contribution in [2.45, 2.75) is 38.0 Å². The lowest BCUT2D eigenvalue weighted by Crippen LogP contribution is -2.17. The number of carbonyl (C=O) groups is 1. The van der Waals surface area contributed by atoms with Gasteiger partial charge in [-0.25, -0.2) is 5.43 Å². The molecule has 0 saturated heterocycles. The lowest BCUT2D eigenvalue weighted by molar-refractivity contribution is 0.0955. The van der Waals surface area contributed by atoms with Gasteiger partial charge in [-0.3, -0.25) is 9.78 Å². The van der Waals surface area contributed by atoms with E-state index in [0.717, 1.165) is 17.1 Å². The first-order chi connectivity index (χ1) is 16.3. The third kappa shape index (κ3) is 6.91. The van der Waals surface area contributed by atoms with E-state index in [2.05, 4.69) is 39.8 Å². The molecule has 0 atom stereocenters. The van der Waals surface area contributed by atoms with Crippen molar-refractivity contribution in [2.75, 3.05) is 13.2 Å². The standard InChI is InChI=1S/C27H29N3O3/c31-27(24-13-15-28-16-14-24)30-29-20-21-5-4-8-26(19-21)33-18-17-32-25-11-9-23(10-12-25)22-6-2-1-3-7-22/h4-5,8-16,19-20,22H,1-3,6-7,17-18H2,(H,30,31). The first-order valence-electron chi connectivity index (χ1n) is 11.5. The Kier molecular flexibility index (Phi) is 8.06. The second kappa shape index (κ2) is 11.8. The number of hydrogen-bond donors (Lipinski definition) is 1. The van der Waals surface area contributed by atoms with Gasteiger partial charge in [0.1, 0.15) is 24.7 Å². The number of benzene rings is 2. The van der Waals surface area contributed by atoms with Gasteiger partial charge in [0.25, 0.3) is 5.91 Å². The Morgan fingerprint density at radius 3 is 2.42 bits per heavy atom. The fourth-order valence-electron chi connectivity index (χ4n) is 4.01. The van der Waals surface area contributed by atoms with Crippen LogP contribution in [0.2, 0.25) is 0 Å². The molecule has 1 N–H and O–H groups in total. The number of amides is 1. The quantitative estimate of drug-likeness (QED) is 0.275. The summed E-state index contributed by atoms with van der Waals surface area (Å²) in [5, 5.41) is 4.01. The normalized spacial score (nSPS) is 14.2. The summed E-state index contributed by atoms with van der Waals surface area (Å²) in [4.78, 5) is 15.9. The number of aromatic nitrogens is 1. The summed E-state index contributed by atoms with van der Waals surface area (Å²) in [6.07, 6.45) is 11.4. The van der Waals surface area contributed by atoms with Crippen LogP contribution in [0.5, 0.6) is 11.5 Å². The van der Waals surface area contributed by atoms with Crippen molar-refractivity contribution in [3.05, 3.63) is 89.7 Å². The lowest BCUT2D eigenvalue weighted by Gasteiger charge is -2.22. The number of ether oxygens (including phenoxy) is 2. The minimum Gasteiger partial charge on any atom is -0.490 e. The first kappa shape index (κ1) is 22.5. The summed E-state index contributed by atoms with van der Waals surface area (Å²) in [6, 6.07) is 19.3. The number of pyridine rings is 1. The number of nitrogens with zero attached hydrogens (tertiary/aromatic N) is 2. The van der Waals surface area contributed by atoms with Gasteiger partial charge in [0.05, 0.1) is 6.21 Å². The molecule has 1 fully saturated rings. The molecule has 4 rings (SSSR count). The van der Waals surface area contributed by atoms with Crippen LogP contribution < -0.4 is 14.9 Å². The van der Waals surface area contributed by atoms with Crippen molar-refractivity contribution < 1.29 is 14.3 Å². The Morgan fingerprint density at radius 1 is 0.939 bits per heavy atom. The monoisotopic (exact) mass is 443 g/mol. The van der Waals surface area contributed by atoms with Crippen LogP contribution in [-0.4, -0.2) is 30.3 Å². The Morgan fingerprint density at radius 2 is 1.67 bits per heavy atom. The number of hydrazone groups is 1. The van der Waals surface area contributed by atoms with Gasteiger partial charge in [0.2, 0.25) is 0 Å². The van der Waals surface area contributed by atoms with E-state index in [9.17, 15) is 4.79 Å². The summed E-state index contributed by atoms with van der Waals surface area (Å²) in [7, 11) is 0. The van der Waals surface area contributed by atoms with Crippen LogP contribution in [0.25, 0.3) is 0 Å². The highest BCUT2D eigenvalue weighted by atomic mass is 16.5. The molecule has 1 saturated carbocycles. The van der Waals surface area contributed by atoms with Crippen LogP contribution in [0.4, 0.5) is 0 Å². The molecule has 170 valence electrons. The Labute approximate surface area is 194 Å². The van der Waals surface area contributed by atoms with Gasteiger partial charge in [0, 0.05) is 18.0 Å². The summed E-state index contributed by atoms with van der Waals surface area (Å²) in [5.41, 5.74) is 5.25. The fraction of sp³-hybridized carbons (Fsp3) is 0.296. The third-order valence-electron chi connectivity index (χ3n) is 5.76. The predicted octanol–water partition coefficient (Wildman–Crippen LogP) is 5.35. The molecule has 2 aromatic carbocycles.